The van der Waals surface area contributed by atoms with E-state index in [1.807, 2.05) is 59.2 Å². The van der Waals surface area contributed by atoms with E-state index in [2.05, 4.69) is 5.10 Å². The van der Waals surface area contributed by atoms with E-state index >= 15 is 0 Å². The molecule has 3 rings (SSSR count). The summed E-state index contributed by atoms with van der Waals surface area (Å²) in [6.45, 7) is 1.23. The number of nitro groups is 1. The smallest absolute Gasteiger partial charge is 0.270 e. The number of nitrogens with zero attached hydrogens (tertiary/aromatic N) is 5. The van der Waals surface area contributed by atoms with E-state index < -0.39 is 4.92 Å². The van der Waals surface area contributed by atoms with Gasteiger partial charge in [-0.15, -0.1) is 0 Å². The van der Waals surface area contributed by atoms with Gasteiger partial charge in [-0.05, 0) is 11.6 Å². The van der Waals surface area contributed by atoms with Crippen LogP contribution in [0.5, 0.6) is 0 Å². The van der Waals surface area contributed by atoms with Crippen molar-refractivity contribution in [2.45, 2.75) is 13.1 Å². The minimum Gasteiger partial charge on any atom is -0.369 e. The molecule has 130 valence electrons. The van der Waals surface area contributed by atoms with Crippen LogP contribution in [-0.4, -0.2) is 21.8 Å². The second kappa shape index (κ2) is 7.49. The lowest BCUT2D eigenvalue weighted by Gasteiger charge is -2.19. The van der Waals surface area contributed by atoms with E-state index in [-0.39, 0.29) is 11.3 Å². The molecule has 1 heterocycles. The van der Waals surface area contributed by atoms with Gasteiger partial charge in [0.15, 0.2) is 0 Å². The number of hydrogen-bond acceptors (Lipinski definition) is 5. The van der Waals surface area contributed by atoms with Crippen molar-refractivity contribution in [1.82, 2.24) is 9.78 Å². The summed E-state index contributed by atoms with van der Waals surface area (Å²) >= 11 is 0. The molecule has 0 aliphatic carbocycles. The molecule has 0 radical (unpaired) electrons. The first-order valence-electron chi connectivity index (χ1n) is 8.02. The van der Waals surface area contributed by atoms with Crippen LogP contribution in [0.1, 0.15) is 16.7 Å². The molecule has 1 aromatic heterocycles. The Bertz CT molecular complexity index is 960. The van der Waals surface area contributed by atoms with Crippen LogP contribution in [0.25, 0.3) is 0 Å². The van der Waals surface area contributed by atoms with Crippen molar-refractivity contribution < 1.29 is 4.92 Å². The third kappa shape index (κ3) is 3.87. The number of hydrogen-bond donors (Lipinski definition) is 0. The van der Waals surface area contributed by atoms with Crippen LogP contribution in [-0.2, 0) is 13.1 Å². The molecule has 0 N–H and O–H groups in total. The molecule has 0 amide bonds. The number of nitro benzene ring substituents is 1. The third-order valence-electron chi connectivity index (χ3n) is 4.02. The van der Waals surface area contributed by atoms with Crippen molar-refractivity contribution in [3.63, 3.8) is 0 Å². The Morgan fingerprint density at radius 1 is 1.23 bits per heavy atom. The molecule has 0 saturated carbocycles. The Labute approximate surface area is 150 Å². The SMILES string of the molecule is CN(Cc1cnn(Cc2ccccc2)c1)c1ccc([N+](=O)[O-])cc1C#N. The molecule has 0 unspecified atom stereocenters. The maximum atomic E-state index is 10.9. The molecular formula is C19H17N5O2. The molecule has 7 nitrogen and oxygen atoms in total. The molecule has 0 aliphatic heterocycles. The molecule has 3 aromatic rings. The summed E-state index contributed by atoms with van der Waals surface area (Å²) in [5.74, 6) is 0. The average molecular weight is 347 g/mol. The first-order chi connectivity index (χ1) is 12.6. The van der Waals surface area contributed by atoms with Gasteiger partial charge in [0.1, 0.15) is 6.07 Å². The Hall–Kier alpha value is -3.66. The van der Waals surface area contributed by atoms with Gasteiger partial charge in [-0.2, -0.15) is 10.4 Å². The molecule has 0 saturated heterocycles. The number of non-ortho nitro benzene ring substituents is 1. The minimum atomic E-state index is -0.502. The lowest BCUT2D eigenvalue weighted by Crippen LogP contribution is -2.17. The summed E-state index contributed by atoms with van der Waals surface area (Å²) in [7, 11) is 1.84. The van der Waals surface area contributed by atoms with Gasteiger partial charge < -0.3 is 4.90 Å². The van der Waals surface area contributed by atoms with E-state index in [0.29, 0.717) is 18.8 Å². The maximum Gasteiger partial charge on any atom is 0.270 e. The highest BCUT2D eigenvalue weighted by Gasteiger charge is 2.14. The van der Waals surface area contributed by atoms with Crippen molar-refractivity contribution in [3.8, 4) is 6.07 Å². The summed E-state index contributed by atoms with van der Waals surface area (Å²) in [5, 5.41) is 24.5. The van der Waals surface area contributed by atoms with Gasteiger partial charge in [-0.1, -0.05) is 30.3 Å². The van der Waals surface area contributed by atoms with Crippen molar-refractivity contribution in [2.24, 2.45) is 0 Å². The van der Waals surface area contributed by atoms with Gasteiger partial charge in [-0.25, -0.2) is 0 Å². The maximum absolute atomic E-state index is 10.9. The van der Waals surface area contributed by atoms with E-state index in [1.54, 1.807) is 12.3 Å². The summed E-state index contributed by atoms with van der Waals surface area (Å²) < 4.78 is 1.86. The minimum absolute atomic E-state index is 0.0885. The van der Waals surface area contributed by atoms with Crippen LogP contribution in [0.2, 0.25) is 0 Å². The van der Waals surface area contributed by atoms with Crippen molar-refractivity contribution in [1.29, 1.82) is 5.26 Å². The number of benzene rings is 2. The van der Waals surface area contributed by atoms with Gasteiger partial charge in [0.05, 0.1) is 28.9 Å². The van der Waals surface area contributed by atoms with Crippen molar-refractivity contribution in [3.05, 3.63) is 87.7 Å². The second-order valence-electron chi connectivity index (χ2n) is 5.96. The molecule has 0 atom stereocenters. The Morgan fingerprint density at radius 2 is 2.00 bits per heavy atom. The predicted molar refractivity (Wildman–Crippen MR) is 97.7 cm³/mol. The summed E-state index contributed by atoms with van der Waals surface area (Å²) in [5.41, 5.74) is 2.99. The normalized spacial score (nSPS) is 10.3. The second-order valence-corrected chi connectivity index (χ2v) is 5.96. The zero-order valence-corrected chi connectivity index (χ0v) is 14.2. The van der Waals surface area contributed by atoms with E-state index in [9.17, 15) is 15.4 Å². The first-order valence-corrected chi connectivity index (χ1v) is 8.02. The van der Waals surface area contributed by atoms with Crippen LogP contribution < -0.4 is 4.90 Å². The quantitative estimate of drug-likeness (QED) is 0.504. The molecule has 26 heavy (non-hydrogen) atoms. The predicted octanol–water partition coefficient (Wildman–Crippen LogP) is 3.35. The molecule has 0 bridgehead atoms. The molecule has 0 aliphatic rings. The molecule has 0 spiro atoms. The standard InChI is InChI=1S/C19H17N5O2/c1-22(19-8-7-18(24(25)26)9-17(19)10-20)12-16-11-21-23(14-16)13-15-5-3-2-4-6-15/h2-9,11,14H,12-13H2,1H3. The zero-order valence-electron chi connectivity index (χ0n) is 14.2. The molecule has 2 aromatic carbocycles. The number of nitriles is 1. The van der Waals surface area contributed by atoms with Crippen molar-refractivity contribution >= 4 is 11.4 Å². The lowest BCUT2D eigenvalue weighted by atomic mass is 10.1. The van der Waals surface area contributed by atoms with E-state index in [4.69, 9.17) is 0 Å². The topological polar surface area (TPSA) is 88.0 Å². The van der Waals surface area contributed by atoms with Gasteiger partial charge in [0, 0.05) is 37.5 Å². The van der Waals surface area contributed by atoms with Crippen LogP contribution >= 0.6 is 0 Å². The Morgan fingerprint density at radius 3 is 2.69 bits per heavy atom. The summed E-state index contributed by atoms with van der Waals surface area (Å²) in [6.07, 6.45) is 3.75. The number of aromatic nitrogens is 2. The summed E-state index contributed by atoms with van der Waals surface area (Å²) in [4.78, 5) is 12.2. The zero-order chi connectivity index (χ0) is 18.5. The van der Waals surface area contributed by atoms with Crippen LogP contribution in [0, 0.1) is 21.4 Å². The highest BCUT2D eigenvalue weighted by atomic mass is 16.6. The first kappa shape index (κ1) is 17.2. The van der Waals surface area contributed by atoms with E-state index in [1.165, 1.54) is 12.1 Å². The van der Waals surface area contributed by atoms with Gasteiger partial charge in [0.2, 0.25) is 0 Å². The van der Waals surface area contributed by atoms with Gasteiger partial charge >= 0.3 is 0 Å². The molecular weight excluding hydrogens is 330 g/mol. The van der Waals surface area contributed by atoms with E-state index in [0.717, 1.165) is 11.1 Å². The molecule has 0 fully saturated rings. The van der Waals surface area contributed by atoms with Gasteiger partial charge in [0.25, 0.3) is 5.69 Å². The van der Waals surface area contributed by atoms with Crippen LogP contribution in [0.15, 0.2) is 60.9 Å². The van der Waals surface area contributed by atoms with Crippen LogP contribution in [0.4, 0.5) is 11.4 Å². The highest BCUT2D eigenvalue weighted by Crippen LogP contribution is 2.25. The van der Waals surface area contributed by atoms with Gasteiger partial charge in [-0.3, -0.25) is 14.8 Å². The summed E-state index contributed by atoms with van der Waals surface area (Å²) in [6, 6.07) is 16.4. The largest absolute Gasteiger partial charge is 0.369 e. The fourth-order valence-corrected chi connectivity index (χ4v) is 2.76. The third-order valence-corrected chi connectivity index (χ3v) is 4.02. The fourth-order valence-electron chi connectivity index (χ4n) is 2.76. The average Bonchev–Trinajstić information content (AvgIpc) is 3.08. The van der Waals surface area contributed by atoms with Crippen molar-refractivity contribution in [2.75, 3.05) is 11.9 Å². The monoisotopic (exact) mass is 347 g/mol. The number of anilines is 1. The Balaban J connectivity index is 1.73. The van der Waals surface area contributed by atoms with Crippen LogP contribution in [0.3, 0.4) is 0 Å². The molecule has 7 heteroatoms. The lowest BCUT2D eigenvalue weighted by molar-refractivity contribution is -0.384. The fraction of sp³-hybridized carbons (Fsp3) is 0.158. The number of rotatable bonds is 6. The Kier molecular flexibility index (Phi) is 4.94. The highest BCUT2D eigenvalue weighted by molar-refractivity contribution is 5.62.